The van der Waals surface area contributed by atoms with Gasteiger partial charge in [-0.2, -0.15) is 0 Å². The molecular formula is C27H26FN5O2S. The molecule has 9 heteroatoms. The van der Waals surface area contributed by atoms with Crippen LogP contribution in [0.3, 0.4) is 0 Å². The van der Waals surface area contributed by atoms with Crippen molar-refractivity contribution < 1.29 is 14.0 Å². The number of nitrogens with one attached hydrogen (secondary N) is 3. The molecule has 1 saturated carbocycles. The Hall–Kier alpha value is -3.56. The molecule has 0 radical (unpaired) electrons. The minimum absolute atomic E-state index is 0.229. The summed E-state index contributed by atoms with van der Waals surface area (Å²) in [7, 11) is 0. The summed E-state index contributed by atoms with van der Waals surface area (Å²) < 4.78 is 13.2. The summed E-state index contributed by atoms with van der Waals surface area (Å²) in [4.78, 5) is 32.2. The van der Waals surface area contributed by atoms with E-state index in [-0.39, 0.29) is 17.1 Å². The number of rotatable bonds is 7. The van der Waals surface area contributed by atoms with Crippen LogP contribution in [-0.4, -0.2) is 33.2 Å². The van der Waals surface area contributed by atoms with Crippen LogP contribution >= 0.6 is 11.8 Å². The van der Waals surface area contributed by atoms with Gasteiger partial charge in [-0.1, -0.05) is 30.3 Å². The van der Waals surface area contributed by atoms with Gasteiger partial charge < -0.3 is 10.6 Å². The molecule has 0 bridgehead atoms. The van der Waals surface area contributed by atoms with Crippen molar-refractivity contribution in [2.75, 3.05) is 5.32 Å². The normalized spacial score (nSPS) is 21.0. The van der Waals surface area contributed by atoms with E-state index >= 15 is 0 Å². The Bertz CT molecular complexity index is 1290. The van der Waals surface area contributed by atoms with E-state index in [2.05, 4.69) is 38.1 Å². The van der Waals surface area contributed by atoms with Gasteiger partial charge >= 0.3 is 0 Å². The van der Waals surface area contributed by atoms with Gasteiger partial charge in [0.2, 0.25) is 5.95 Å². The maximum absolute atomic E-state index is 13.2. The molecule has 1 aromatic heterocycles. The van der Waals surface area contributed by atoms with Crippen LogP contribution in [-0.2, 0) is 11.3 Å². The molecular weight excluding hydrogens is 477 g/mol. The Balaban J connectivity index is 1.11. The first-order chi connectivity index (χ1) is 17.5. The average molecular weight is 504 g/mol. The zero-order valence-electron chi connectivity index (χ0n) is 19.5. The van der Waals surface area contributed by atoms with Crippen LogP contribution in [0.4, 0.5) is 15.1 Å². The topological polar surface area (TPSA) is 96.0 Å². The zero-order chi connectivity index (χ0) is 24.9. The van der Waals surface area contributed by atoms with Crippen LogP contribution in [0.15, 0.2) is 65.7 Å². The molecule has 7 nitrogen and oxygen atoms in total. The van der Waals surface area contributed by atoms with Gasteiger partial charge in [0.05, 0.1) is 10.6 Å². The van der Waals surface area contributed by atoms with Gasteiger partial charge in [-0.25, -0.2) is 14.4 Å². The molecule has 0 atom stereocenters. The lowest BCUT2D eigenvalue weighted by Gasteiger charge is -2.30. The monoisotopic (exact) mass is 503 g/mol. The second-order valence-electron chi connectivity index (χ2n) is 8.94. The number of carbonyl (C=O) groups excluding carboxylic acids is 2. The lowest BCUT2D eigenvalue weighted by molar-refractivity contribution is -0.115. The number of aromatic nitrogens is 2. The number of amides is 2. The summed E-state index contributed by atoms with van der Waals surface area (Å²) in [6.07, 6.45) is 7.32. The zero-order valence-corrected chi connectivity index (χ0v) is 20.4. The first kappa shape index (κ1) is 24.1. The number of benzene rings is 2. The maximum atomic E-state index is 13.2. The van der Waals surface area contributed by atoms with E-state index in [1.165, 1.54) is 17.7 Å². The number of carbonyl (C=O) groups is 2. The molecule has 0 spiro atoms. The third kappa shape index (κ3) is 6.16. The highest BCUT2D eigenvalue weighted by Crippen LogP contribution is 2.26. The number of imide groups is 1. The van der Waals surface area contributed by atoms with Crippen LogP contribution < -0.4 is 16.0 Å². The lowest BCUT2D eigenvalue weighted by Crippen LogP contribution is -2.36. The van der Waals surface area contributed by atoms with Crippen molar-refractivity contribution in [2.45, 2.75) is 44.3 Å². The van der Waals surface area contributed by atoms with E-state index in [9.17, 15) is 14.0 Å². The Morgan fingerprint density at radius 1 is 1.00 bits per heavy atom. The van der Waals surface area contributed by atoms with Crippen molar-refractivity contribution in [3.8, 4) is 11.1 Å². The molecule has 3 aromatic rings. The van der Waals surface area contributed by atoms with E-state index in [4.69, 9.17) is 0 Å². The average Bonchev–Trinajstić information content (AvgIpc) is 3.20. The quantitative estimate of drug-likeness (QED) is 0.385. The number of anilines is 1. The fourth-order valence-electron chi connectivity index (χ4n) is 4.47. The fraction of sp³-hybridized carbons (Fsp3) is 0.259. The SMILES string of the molecule is O=C1NC(=O)C(=Cc2ccnc(NC3CCC(NCc4cccc(-c5ccc(F)cc5)c4)CC3)n2)S1. The molecule has 184 valence electrons. The fourth-order valence-corrected chi connectivity index (χ4v) is 5.13. The van der Waals surface area contributed by atoms with Gasteiger partial charge in [0.1, 0.15) is 5.82 Å². The summed E-state index contributed by atoms with van der Waals surface area (Å²) in [5.74, 6) is -0.104. The second kappa shape index (κ2) is 11.0. The molecule has 1 aliphatic carbocycles. The molecule has 3 N–H and O–H groups in total. The van der Waals surface area contributed by atoms with Gasteiger partial charge in [0.25, 0.3) is 11.1 Å². The summed E-state index contributed by atoms with van der Waals surface area (Å²) in [6, 6.07) is 17.3. The van der Waals surface area contributed by atoms with E-state index in [1.807, 2.05) is 12.1 Å². The number of hydrogen-bond donors (Lipinski definition) is 3. The third-order valence-electron chi connectivity index (χ3n) is 6.36. The van der Waals surface area contributed by atoms with E-state index in [0.717, 1.165) is 55.1 Å². The predicted molar refractivity (Wildman–Crippen MR) is 139 cm³/mol. The van der Waals surface area contributed by atoms with Crippen molar-refractivity contribution in [3.63, 3.8) is 0 Å². The predicted octanol–water partition coefficient (Wildman–Crippen LogP) is 5.12. The summed E-state index contributed by atoms with van der Waals surface area (Å²) in [6.45, 7) is 0.783. The first-order valence-corrected chi connectivity index (χ1v) is 12.8. The molecule has 5 rings (SSSR count). The van der Waals surface area contributed by atoms with Gasteiger partial charge in [-0.05, 0) is 84.5 Å². The van der Waals surface area contributed by atoms with Crippen molar-refractivity contribution in [3.05, 3.63) is 82.8 Å². The Kier molecular flexibility index (Phi) is 7.39. The Labute approximate surface area is 213 Å². The minimum atomic E-state index is -0.397. The van der Waals surface area contributed by atoms with Gasteiger partial charge in [-0.15, -0.1) is 0 Å². The van der Waals surface area contributed by atoms with Crippen molar-refractivity contribution >= 4 is 34.9 Å². The second-order valence-corrected chi connectivity index (χ2v) is 9.95. The summed E-state index contributed by atoms with van der Waals surface area (Å²) in [5.41, 5.74) is 3.87. The molecule has 1 aliphatic heterocycles. The Morgan fingerprint density at radius 3 is 2.53 bits per heavy atom. The highest BCUT2D eigenvalue weighted by molar-refractivity contribution is 8.18. The maximum Gasteiger partial charge on any atom is 0.290 e. The van der Waals surface area contributed by atoms with Crippen LogP contribution in [0, 0.1) is 5.82 Å². The molecule has 2 heterocycles. The third-order valence-corrected chi connectivity index (χ3v) is 7.17. The van der Waals surface area contributed by atoms with Gasteiger partial charge in [0.15, 0.2) is 0 Å². The number of hydrogen-bond acceptors (Lipinski definition) is 7. The number of thioether (sulfide) groups is 1. The summed E-state index contributed by atoms with van der Waals surface area (Å²) >= 11 is 0.873. The van der Waals surface area contributed by atoms with Crippen molar-refractivity contribution in [1.29, 1.82) is 0 Å². The molecule has 0 unspecified atom stereocenters. The molecule has 1 saturated heterocycles. The van der Waals surface area contributed by atoms with Crippen LogP contribution in [0.2, 0.25) is 0 Å². The van der Waals surface area contributed by atoms with Crippen molar-refractivity contribution in [2.24, 2.45) is 0 Å². The highest BCUT2D eigenvalue weighted by atomic mass is 32.2. The number of nitrogens with zero attached hydrogens (tertiary/aromatic N) is 2. The first-order valence-electron chi connectivity index (χ1n) is 11.9. The van der Waals surface area contributed by atoms with Gasteiger partial charge in [-0.3, -0.25) is 14.9 Å². The molecule has 2 aromatic carbocycles. The molecule has 36 heavy (non-hydrogen) atoms. The number of halogens is 1. The van der Waals surface area contributed by atoms with Crippen molar-refractivity contribution in [1.82, 2.24) is 20.6 Å². The Morgan fingerprint density at radius 2 is 1.78 bits per heavy atom. The van der Waals surface area contributed by atoms with Crippen LogP contribution in [0.5, 0.6) is 0 Å². The molecule has 2 aliphatic rings. The van der Waals surface area contributed by atoms with Crippen LogP contribution in [0.1, 0.15) is 36.9 Å². The minimum Gasteiger partial charge on any atom is -0.351 e. The highest BCUT2D eigenvalue weighted by Gasteiger charge is 2.25. The van der Waals surface area contributed by atoms with E-state index in [0.29, 0.717) is 22.6 Å². The van der Waals surface area contributed by atoms with Crippen LogP contribution in [0.25, 0.3) is 17.2 Å². The van der Waals surface area contributed by atoms with Gasteiger partial charge in [0, 0.05) is 24.8 Å². The standard InChI is InChI=1S/C27H26FN5O2S/c28-20-6-4-18(5-7-20)19-3-1-2-17(14-19)16-30-21-8-10-22(11-9-21)31-26-29-13-12-23(32-26)15-24-25(34)33-27(35)36-24/h1-7,12-15,21-22,30H,8-11,16H2,(H,29,31,32)(H,33,34,35). The molecule has 2 amide bonds. The largest absolute Gasteiger partial charge is 0.351 e. The van der Waals surface area contributed by atoms with E-state index in [1.54, 1.807) is 30.5 Å². The smallest absolute Gasteiger partial charge is 0.290 e. The molecule has 2 fully saturated rings. The van der Waals surface area contributed by atoms with E-state index < -0.39 is 5.91 Å². The summed E-state index contributed by atoms with van der Waals surface area (Å²) in [5, 5.41) is 8.96. The lowest BCUT2D eigenvalue weighted by atomic mass is 9.91.